The number of nitrogens with zero attached hydrogens (tertiary/aromatic N) is 1. The van der Waals surface area contributed by atoms with Crippen LogP contribution >= 0.6 is 0 Å². The molecule has 0 aliphatic carbocycles. The molecule has 1 heterocycles. The van der Waals surface area contributed by atoms with Gasteiger partial charge in [-0.25, -0.2) is 13.8 Å². The molecule has 0 radical (unpaired) electrons. The molecule has 1 aromatic carbocycles. The SMILES string of the molecule is O=C(O)Cc1nc(F)c(F)c(-c2ccccc2C(F)(F)F)c1F. The fourth-order valence-corrected chi connectivity index (χ4v) is 2.01. The van der Waals surface area contributed by atoms with Gasteiger partial charge in [0, 0.05) is 0 Å². The fraction of sp³-hybridized carbons (Fsp3) is 0.143. The first-order valence-corrected chi connectivity index (χ1v) is 6.04. The summed E-state index contributed by atoms with van der Waals surface area (Å²) >= 11 is 0. The molecule has 0 aliphatic rings. The molecule has 0 unspecified atom stereocenters. The van der Waals surface area contributed by atoms with Gasteiger partial charge in [0.15, 0.2) is 11.6 Å². The second-order valence-corrected chi connectivity index (χ2v) is 4.47. The fourth-order valence-electron chi connectivity index (χ4n) is 2.01. The number of benzene rings is 1. The van der Waals surface area contributed by atoms with Crippen molar-refractivity contribution in [2.75, 3.05) is 0 Å². The summed E-state index contributed by atoms with van der Waals surface area (Å²) in [6, 6.07) is 3.41. The molecule has 122 valence electrons. The first kappa shape index (κ1) is 16.8. The van der Waals surface area contributed by atoms with E-state index in [0.29, 0.717) is 6.07 Å². The van der Waals surface area contributed by atoms with Crippen LogP contribution in [0.2, 0.25) is 0 Å². The molecular weight excluding hydrogens is 328 g/mol. The van der Waals surface area contributed by atoms with Crippen LogP contribution in [0.1, 0.15) is 11.3 Å². The highest BCUT2D eigenvalue weighted by Gasteiger charge is 2.36. The highest BCUT2D eigenvalue weighted by Crippen LogP contribution is 2.39. The number of alkyl halides is 3. The maximum absolute atomic E-state index is 14.2. The number of carbonyl (C=O) groups is 1. The molecule has 2 rings (SSSR count). The van der Waals surface area contributed by atoms with Gasteiger partial charge < -0.3 is 5.11 Å². The summed E-state index contributed by atoms with van der Waals surface area (Å²) in [6.07, 6.45) is -6.05. The number of rotatable bonds is 3. The zero-order valence-corrected chi connectivity index (χ0v) is 11.1. The highest BCUT2D eigenvalue weighted by atomic mass is 19.4. The molecule has 2 aromatic rings. The molecular formula is C14H7F6NO2. The van der Waals surface area contributed by atoms with Crippen LogP contribution in [0, 0.1) is 17.6 Å². The molecule has 0 aliphatic heterocycles. The molecule has 0 spiro atoms. The molecule has 0 fully saturated rings. The Hall–Kier alpha value is -2.58. The van der Waals surface area contributed by atoms with Crippen molar-refractivity contribution in [2.45, 2.75) is 12.6 Å². The van der Waals surface area contributed by atoms with E-state index in [1.54, 1.807) is 0 Å². The molecule has 0 saturated carbocycles. The van der Waals surface area contributed by atoms with Gasteiger partial charge in [-0.3, -0.25) is 4.79 Å². The quantitative estimate of drug-likeness (QED) is 0.685. The minimum absolute atomic E-state index is 0.573. The number of carboxylic acid groups (broad SMARTS) is 1. The van der Waals surface area contributed by atoms with Gasteiger partial charge in [-0.2, -0.15) is 17.6 Å². The van der Waals surface area contributed by atoms with Gasteiger partial charge in [-0.1, -0.05) is 18.2 Å². The number of halogens is 6. The minimum Gasteiger partial charge on any atom is -0.481 e. The van der Waals surface area contributed by atoms with E-state index in [0.717, 1.165) is 18.2 Å². The Labute approximate surface area is 125 Å². The van der Waals surface area contributed by atoms with Crippen LogP contribution in [-0.2, 0) is 17.4 Å². The Balaban J connectivity index is 2.79. The average Bonchev–Trinajstić information content (AvgIpc) is 2.44. The summed E-state index contributed by atoms with van der Waals surface area (Å²) in [5, 5.41) is 8.59. The maximum atomic E-state index is 14.2. The number of carboxylic acids is 1. The van der Waals surface area contributed by atoms with Crippen molar-refractivity contribution >= 4 is 5.97 Å². The highest BCUT2D eigenvalue weighted by molar-refractivity contribution is 5.73. The van der Waals surface area contributed by atoms with E-state index in [9.17, 15) is 31.1 Å². The number of hydrogen-bond acceptors (Lipinski definition) is 2. The van der Waals surface area contributed by atoms with Gasteiger partial charge >= 0.3 is 12.1 Å². The van der Waals surface area contributed by atoms with E-state index in [-0.39, 0.29) is 0 Å². The lowest BCUT2D eigenvalue weighted by Gasteiger charge is -2.15. The third-order valence-electron chi connectivity index (χ3n) is 2.93. The van der Waals surface area contributed by atoms with Crippen LogP contribution in [0.4, 0.5) is 26.3 Å². The van der Waals surface area contributed by atoms with Crippen LogP contribution in [0.15, 0.2) is 24.3 Å². The Morgan fingerprint density at radius 3 is 2.26 bits per heavy atom. The van der Waals surface area contributed by atoms with Crippen LogP contribution in [0.3, 0.4) is 0 Å². The van der Waals surface area contributed by atoms with Crippen molar-refractivity contribution in [3.8, 4) is 11.1 Å². The van der Waals surface area contributed by atoms with Gasteiger partial charge in [0.2, 0.25) is 5.95 Å². The summed E-state index contributed by atoms with van der Waals surface area (Å²) in [7, 11) is 0. The first-order chi connectivity index (χ1) is 10.6. The lowest BCUT2D eigenvalue weighted by Crippen LogP contribution is -2.13. The van der Waals surface area contributed by atoms with Gasteiger partial charge in [0.1, 0.15) is 0 Å². The number of aliphatic carboxylic acids is 1. The third kappa shape index (κ3) is 3.27. The van der Waals surface area contributed by atoms with Gasteiger partial charge in [-0.05, 0) is 11.6 Å². The number of aromatic nitrogens is 1. The third-order valence-corrected chi connectivity index (χ3v) is 2.93. The van der Waals surface area contributed by atoms with Crippen molar-refractivity contribution in [3.63, 3.8) is 0 Å². The molecule has 23 heavy (non-hydrogen) atoms. The van der Waals surface area contributed by atoms with E-state index in [2.05, 4.69) is 4.98 Å². The van der Waals surface area contributed by atoms with Gasteiger partial charge in [0.25, 0.3) is 0 Å². The monoisotopic (exact) mass is 335 g/mol. The average molecular weight is 335 g/mol. The maximum Gasteiger partial charge on any atom is 0.417 e. The van der Waals surface area contributed by atoms with E-state index >= 15 is 0 Å². The smallest absolute Gasteiger partial charge is 0.417 e. The second-order valence-electron chi connectivity index (χ2n) is 4.47. The predicted molar refractivity (Wildman–Crippen MR) is 65.9 cm³/mol. The summed E-state index contributed by atoms with van der Waals surface area (Å²) in [4.78, 5) is 13.4. The van der Waals surface area contributed by atoms with Crippen molar-refractivity contribution in [1.29, 1.82) is 0 Å². The Morgan fingerprint density at radius 1 is 1.09 bits per heavy atom. The zero-order valence-electron chi connectivity index (χ0n) is 11.1. The topological polar surface area (TPSA) is 50.2 Å². The zero-order chi connectivity index (χ0) is 17.4. The normalized spacial score (nSPS) is 11.6. The van der Waals surface area contributed by atoms with E-state index in [4.69, 9.17) is 5.11 Å². The summed E-state index contributed by atoms with van der Waals surface area (Å²) in [5.41, 5.74) is -4.63. The molecule has 9 heteroatoms. The van der Waals surface area contributed by atoms with E-state index in [1.807, 2.05) is 0 Å². The largest absolute Gasteiger partial charge is 0.481 e. The molecule has 1 N–H and O–H groups in total. The summed E-state index contributed by atoms with van der Waals surface area (Å²) in [6.45, 7) is 0. The summed E-state index contributed by atoms with van der Waals surface area (Å²) < 4.78 is 80.4. The number of hydrogen-bond donors (Lipinski definition) is 1. The predicted octanol–water partition coefficient (Wildman–Crippen LogP) is 3.81. The Morgan fingerprint density at radius 2 is 1.70 bits per heavy atom. The molecule has 1 aromatic heterocycles. The first-order valence-electron chi connectivity index (χ1n) is 6.04. The lowest BCUT2D eigenvalue weighted by atomic mass is 9.98. The Kier molecular flexibility index (Phi) is 4.31. The van der Waals surface area contributed by atoms with Crippen LogP contribution in [0.5, 0.6) is 0 Å². The van der Waals surface area contributed by atoms with Gasteiger partial charge in [-0.15, -0.1) is 0 Å². The molecule has 0 saturated heterocycles. The standard InChI is InChI=1S/C14H7F6NO2/c15-11-8(5-9(22)23)21-13(17)12(16)10(11)6-3-1-2-4-7(6)14(18,19)20/h1-4H,5H2,(H,22,23). The molecule has 0 amide bonds. The molecule has 0 atom stereocenters. The van der Waals surface area contributed by atoms with Crippen LogP contribution < -0.4 is 0 Å². The van der Waals surface area contributed by atoms with Crippen molar-refractivity contribution in [3.05, 3.63) is 53.1 Å². The Bertz CT molecular complexity index is 773. The molecule has 0 bridgehead atoms. The van der Waals surface area contributed by atoms with Gasteiger partial charge in [0.05, 0.1) is 23.2 Å². The van der Waals surface area contributed by atoms with Crippen molar-refractivity contribution in [1.82, 2.24) is 4.98 Å². The van der Waals surface area contributed by atoms with Crippen LogP contribution in [0.25, 0.3) is 11.1 Å². The minimum atomic E-state index is -4.94. The van der Waals surface area contributed by atoms with E-state index < -0.39 is 58.5 Å². The van der Waals surface area contributed by atoms with Crippen molar-refractivity contribution in [2.24, 2.45) is 0 Å². The van der Waals surface area contributed by atoms with Crippen molar-refractivity contribution < 1.29 is 36.2 Å². The molecule has 3 nitrogen and oxygen atoms in total. The number of pyridine rings is 1. The van der Waals surface area contributed by atoms with Crippen LogP contribution in [-0.4, -0.2) is 16.1 Å². The summed E-state index contributed by atoms with van der Waals surface area (Å²) in [5.74, 6) is -7.05. The lowest BCUT2D eigenvalue weighted by molar-refractivity contribution is -0.137. The second kappa shape index (κ2) is 5.90. The van der Waals surface area contributed by atoms with E-state index in [1.165, 1.54) is 0 Å².